The molecule has 0 aliphatic carbocycles. The van der Waals surface area contributed by atoms with Crippen molar-refractivity contribution in [1.29, 1.82) is 0 Å². The van der Waals surface area contributed by atoms with Crippen LogP contribution in [0.15, 0.2) is 30.3 Å². The van der Waals surface area contributed by atoms with Crippen molar-refractivity contribution >= 4 is 52.1 Å². The Morgan fingerprint density at radius 3 is 2.17 bits per heavy atom. The van der Waals surface area contributed by atoms with E-state index < -0.39 is 0 Å². The summed E-state index contributed by atoms with van der Waals surface area (Å²) < 4.78 is 0.631. The molecule has 0 nitrogen and oxygen atoms in total. The molecule has 0 unspecified atom stereocenters. The molecule has 0 heterocycles. The van der Waals surface area contributed by atoms with Gasteiger partial charge in [0.2, 0.25) is 0 Å². The number of halogens is 1. The first kappa shape index (κ1) is 15.1. The molecule has 1 aromatic carbocycles. The third-order valence-corrected chi connectivity index (χ3v) is 1.48. The average Bonchev–Trinajstić information content (AvgIpc) is 1.88. The van der Waals surface area contributed by atoms with E-state index in [0.717, 1.165) is 6.42 Å². The van der Waals surface area contributed by atoms with Crippen molar-refractivity contribution in [3.63, 3.8) is 0 Å². The van der Waals surface area contributed by atoms with Gasteiger partial charge in [-0.2, -0.15) is 0 Å². The normalized spacial score (nSPS) is 7.67. The van der Waals surface area contributed by atoms with Gasteiger partial charge in [0.25, 0.3) is 0 Å². The zero-order chi connectivity index (χ0) is 7.40. The summed E-state index contributed by atoms with van der Waals surface area (Å²) in [7, 11) is 0. The van der Waals surface area contributed by atoms with Crippen molar-refractivity contribution in [2.24, 2.45) is 0 Å². The van der Waals surface area contributed by atoms with Gasteiger partial charge in [-0.1, -0.05) is 30.3 Å². The van der Waals surface area contributed by atoms with Crippen molar-refractivity contribution in [2.75, 3.05) is 0 Å². The van der Waals surface area contributed by atoms with E-state index in [0.29, 0.717) is 4.20 Å². The van der Waals surface area contributed by atoms with Crippen LogP contribution in [-0.2, 0) is 19.0 Å². The smallest absolute Gasteiger partial charge is 1.00 e. The van der Waals surface area contributed by atoms with Gasteiger partial charge in [0.15, 0.2) is 0 Å². The first-order valence-electron chi connectivity index (χ1n) is 3.03. The first-order chi connectivity index (χ1) is 4.79. The standard InChI is InChI=1S/C8H8S2.ClH.Mg/c9-8(10)6-7-4-2-1-3-5-7;;/h1-5H,6H2,(H,9,10);1H;/q;;+2/p-2. The predicted molar refractivity (Wildman–Crippen MR) is 55.9 cm³/mol. The van der Waals surface area contributed by atoms with Crippen LogP contribution in [0.5, 0.6) is 0 Å². The molecule has 0 radical (unpaired) electrons. The third kappa shape index (κ3) is 6.14. The van der Waals surface area contributed by atoms with Crippen LogP contribution in [0.25, 0.3) is 0 Å². The molecule has 0 saturated carbocycles. The van der Waals surface area contributed by atoms with Crippen LogP contribution in [0.2, 0.25) is 0 Å². The zero-order valence-corrected chi connectivity index (χ0v) is 10.3. The molecule has 1 aromatic rings. The Balaban J connectivity index is 0. The van der Waals surface area contributed by atoms with Crippen LogP contribution in [0.4, 0.5) is 0 Å². The number of hydrogen-bond acceptors (Lipinski definition) is 2. The van der Waals surface area contributed by atoms with Gasteiger partial charge >= 0.3 is 23.1 Å². The molecule has 0 bridgehead atoms. The Hall–Kier alpha value is 0.586. The Morgan fingerprint density at radius 1 is 1.25 bits per heavy atom. The molecule has 4 heteroatoms. The number of thiocarbonyl (C=S) groups is 1. The summed E-state index contributed by atoms with van der Waals surface area (Å²) in [6.07, 6.45) is 0.742. The molecule has 0 atom stereocenters. The van der Waals surface area contributed by atoms with E-state index in [4.69, 9.17) is 24.8 Å². The summed E-state index contributed by atoms with van der Waals surface area (Å²) in [5.74, 6) is 0. The topological polar surface area (TPSA) is 0 Å². The van der Waals surface area contributed by atoms with Crippen LogP contribution in [0, 0.1) is 0 Å². The molecule has 0 saturated heterocycles. The summed E-state index contributed by atoms with van der Waals surface area (Å²) in [6, 6.07) is 10.0. The fraction of sp³-hybridized carbons (Fsp3) is 0.125. The van der Waals surface area contributed by atoms with Gasteiger partial charge in [-0.3, -0.25) is 0 Å². The predicted octanol–water partition coefficient (Wildman–Crippen LogP) is -1.27. The molecular weight excluding hydrogens is 220 g/mol. The molecular formula is C8H7ClMgS2. The second kappa shape index (κ2) is 8.20. The van der Waals surface area contributed by atoms with E-state index >= 15 is 0 Å². The van der Waals surface area contributed by atoms with Gasteiger partial charge in [0, 0.05) is 0 Å². The molecule has 60 valence electrons. The quantitative estimate of drug-likeness (QED) is 0.351. The fourth-order valence-electron chi connectivity index (χ4n) is 0.763. The van der Waals surface area contributed by atoms with Gasteiger partial charge in [0.1, 0.15) is 0 Å². The minimum Gasteiger partial charge on any atom is -1.00 e. The van der Waals surface area contributed by atoms with Gasteiger partial charge in [-0.25, -0.2) is 0 Å². The molecule has 0 aliphatic rings. The third-order valence-electron chi connectivity index (χ3n) is 1.19. The Kier molecular flexibility index (Phi) is 10.3. The molecule has 0 aliphatic heterocycles. The van der Waals surface area contributed by atoms with Crippen molar-refractivity contribution in [1.82, 2.24) is 0 Å². The summed E-state index contributed by atoms with van der Waals surface area (Å²) in [5.41, 5.74) is 1.20. The molecule has 0 spiro atoms. The Morgan fingerprint density at radius 2 is 1.75 bits per heavy atom. The van der Waals surface area contributed by atoms with E-state index in [-0.39, 0.29) is 35.5 Å². The summed E-state index contributed by atoms with van der Waals surface area (Å²) in [4.78, 5) is 0. The van der Waals surface area contributed by atoms with E-state index in [1.54, 1.807) is 0 Å². The van der Waals surface area contributed by atoms with Gasteiger partial charge < -0.3 is 37.3 Å². The largest absolute Gasteiger partial charge is 2.00 e. The van der Waals surface area contributed by atoms with E-state index in [1.165, 1.54) is 5.56 Å². The Bertz CT molecular complexity index is 226. The maximum absolute atomic E-state index is 4.79. The van der Waals surface area contributed by atoms with Crippen LogP contribution in [0.1, 0.15) is 5.56 Å². The maximum Gasteiger partial charge on any atom is 2.00 e. The van der Waals surface area contributed by atoms with Gasteiger partial charge in [0.05, 0.1) is 0 Å². The molecule has 0 fully saturated rings. The summed E-state index contributed by atoms with van der Waals surface area (Å²) >= 11 is 9.58. The molecule has 1 rings (SSSR count). The van der Waals surface area contributed by atoms with Crippen molar-refractivity contribution < 1.29 is 12.4 Å². The fourth-order valence-corrected chi connectivity index (χ4v) is 1.10. The van der Waals surface area contributed by atoms with E-state index in [9.17, 15) is 0 Å². The van der Waals surface area contributed by atoms with Crippen LogP contribution < -0.4 is 12.4 Å². The van der Waals surface area contributed by atoms with Crippen LogP contribution in [-0.4, -0.2) is 27.2 Å². The number of benzene rings is 1. The first-order valence-corrected chi connectivity index (χ1v) is 3.84. The summed E-state index contributed by atoms with van der Waals surface area (Å²) in [5, 5.41) is 0. The van der Waals surface area contributed by atoms with Gasteiger partial charge in [-0.15, -0.1) is 4.20 Å². The second-order valence-corrected chi connectivity index (χ2v) is 3.28. The minimum atomic E-state index is 0. The minimum absolute atomic E-state index is 0. The summed E-state index contributed by atoms with van der Waals surface area (Å²) in [6.45, 7) is 0. The van der Waals surface area contributed by atoms with E-state index in [1.807, 2.05) is 30.3 Å². The molecule has 12 heavy (non-hydrogen) atoms. The monoisotopic (exact) mass is 226 g/mol. The maximum atomic E-state index is 4.79. The number of hydrogen-bond donors (Lipinski definition) is 0. The Labute approximate surface area is 106 Å². The zero-order valence-electron chi connectivity index (χ0n) is 6.50. The van der Waals surface area contributed by atoms with Gasteiger partial charge in [-0.05, 0) is 12.0 Å². The van der Waals surface area contributed by atoms with Crippen molar-refractivity contribution in [2.45, 2.75) is 6.42 Å². The van der Waals surface area contributed by atoms with E-state index in [2.05, 4.69) is 0 Å². The van der Waals surface area contributed by atoms with Crippen molar-refractivity contribution in [3.8, 4) is 0 Å². The number of rotatable bonds is 2. The van der Waals surface area contributed by atoms with Crippen LogP contribution in [0.3, 0.4) is 0 Å². The second-order valence-electron chi connectivity index (χ2n) is 2.03. The molecule has 0 aromatic heterocycles. The molecule has 0 amide bonds. The van der Waals surface area contributed by atoms with Crippen molar-refractivity contribution in [3.05, 3.63) is 35.9 Å². The average molecular weight is 227 g/mol. The van der Waals surface area contributed by atoms with Crippen LogP contribution >= 0.6 is 12.2 Å². The molecule has 0 N–H and O–H groups in total. The SMILES string of the molecule is S=C([S-])Cc1ccccc1.[Cl-].[Mg+2].